The Hall–Kier alpha value is -1.33. The Morgan fingerprint density at radius 1 is 1.33 bits per heavy atom. The predicted molar refractivity (Wildman–Crippen MR) is 90.6 cm³/mol. The number of likely N-dealkylation sites (tertiary alicyclic amines) is 1. The van der Waals surface area contributed by atoms with Gasteiger partial charge in [0, 0.05) is 32.2 Å². The molecule has 2 aliphatic heterocycles. The molecule has 132 valence electrons. The van der Waals surface area contributed by atoms with E-state index >= 15 is 0 Å². The summed E-state index contributed by atoms with van der Waals surface area (Å²) in [5.41, 5.74) is -0.367. The second-order valence-corrected chi connectivity index (χ2v) is 7.59. The fourth-order valence-electron chi connectivity index (χ4n) is 4.29. The lowest BCUT2D eigenvalue weighted by Crippen LogP contribution is -2.58. The molecule has 1 aliphatic carbocycles. The Labute approximate surface area is 143 Å². The first-order valence-electron chi connectivity index (χ1n) is 9.42. The zero-order valence-corrected chi connectivity index (χ0v) is 14.6. The van der Waals surface area contributed by atoms with Crippen molar-refractivity contribution in [3.8, 4) is 0 Å². The average molecular weight is 332 g/mol. The molecule has 1 saturated carbocycles. The third-order valence-electron chi connectivity index (χ3n) is 6.03. The van der Waals surface area contributed by atoms with Gasteiger partial charge in [0.05, 0.1) is 18.1 Å². The van der Waals surface area contributed by atoms with Crippen LogP contribution in [-0.2, 0) is 22.5 Å². The minimum Gasteiger partial charge on any atom is -0.465 e. The van der Waals surface area contributed by atoms with Crippen LogP contribution in [0.15, 0.2) is 16.5 Å². The van der Waals surface area contributed by atoms with Crippen molar-refractivity contribution in [1.82, 2.24) is 10.2 Å². The molecule has 5 heteroatoms. The lowest BCUT2D eigenvalue weighted by molar-refractivity contribution is -0.141. The van der Waals surface area contributed by atoms with Gasteiger partial charge in [0.25, 0.3) is 0 Å². The minimum absolute atomic E-state index is 0.0802. The van der Waals surface area contributed by atoms with E-state index in [0.29, 0.717) is 12.6 Å². The quantitative estimate of drug-likeness (QED) is 0.900. The fraction of sp³-hybridized carbons (Fsp3) is 0.737. The highest BCUT2D eigenvalue weighted by Crippen LogP contribution is 2.42. The van der Waals surface area contributed by atoms with Gasteiger partial charge in [0.2, 0.25) is 5.91 Å². The largest absolute Gasteiger partial charge is 0.465 e. The number of hydrogen-bond donors (Lipinski definition) is 1. The summed E-state index contributed by atoms with van der Waals surface area (Å²) in [6, 6.07) is 4.51. The molecule has 5 nitrogen and oxygen atoms in total. The highest BCUT2D eigenvalue weighted by atomic mass is 16.5. The summed E-state index contributed by atoms with van der Waals surface area (Å²) in [7, 11) is 0. The first kappa shape index (κ1) is 16.2. The van der Waals surface area contributed by atoms with Crippen LogP contribution in [0.5, 0.6) is 0 Å². The molecule has 2 atom stereocenters. The molecule has 1 N–H and O–H groups in total. The molecular weight excluding hydrogens is 304 g/mol. The molecular formula is C19H28N2O3. The molecule has 1 amide bonds. The van der Waals surface area contributed by atoms with Crippen LogP contribution in [0.2, 0.25) is 0 Å². The standard InChI is InChI=1S/C19H28N2O3/c1-2-15-6-7-16(24-15)12-21-10-8-17-19(13-21,9-11-23-17)18(22)20-14-4-3-5-14/h6-7,14,17H,2-5,8-13H2,1H3,(H,20,22)/t17-,19-/m1/s1. The number of amides is 1. The van der Waals surface area contributed by atoms with Crippen LogP contribution in [0.25, 0.3) is 0 Å². The van der Waals surface area contributed by atoms with Crippen LogP contribution in [0.4, 0.5) is 0 Å². The zero-order chi connectivity index (χ0) is 16.6. The van der Waals surface area contributed by atoms with Gasteiger partial charge >= 0.3 is 0 Å². The maximum absolute atomic E-state index is 13.0. The molecule has 24 heavy (non-hydrogen) atoms. The fourth-order valence-corrected chi connectivity index (χ4v) is 4.29. The number of piperidine rings is 1. The number of ether oxygens (including phenoxy) is 1. The smallest absolute Gasteiger partial charge is 0.230 e. The maximum Gasteiger partial charge on any atom is 0.230 e. The summed E-state index contributed by atoms with van der Waals surface area (Å²) in [6.07, 6.45) is 6.26. The van der Waals surface area contributed by atoms with Crippen LogP contribution in [0.3, 0.4) is 0 Å². The molecule has 0 spiro atoms. The van der Waals surface area contributed by atoms with Crippen molar-refractivity contribution in [2.45, 2.75) is 64.1 Å². The molecule has 4 rings (SSSR count). The number of fused-ring (bicyclic) bond motifs is 1. The van der Waals surface area contributed by atoms with Crippen molar-refractivity contribution in [1.29, 1.82) is 0 Å². The molecule has 0 unspecified atom stereocenters. The Morgan fingerprint density at radius 2 is 2.17 bits per heavy atom. The number of carbonyl (C=O) groups is 1. The molecule has 1 aromatic rings. The number of nitrogens with one attached hydrogen (secondary N) is 1. The molecule has 3 aliphatic rings. The van der Waals surface area contributed by atoms with Crippen molar-refractivity contribution >= 4 is 5.91 Å². The molecule has 1 aromatic heterocycles. The lowest BCUT2D eigenvalue weighted by atomic mass is 9.75. The van der Waals surface area contributed by atoms with E-state index in [2.05, 4.69) is 29.3 Å². The van der Waals surface area contributed by atoms with Crippen LogP contribution in [0.1, 0.15) is 50.5 Å². The highest BCUT2D eigenvalue weighted by molar-refractivity contribution is 5.84. The van der Waals surface area contributed by atoms with Crippen molar-refractivity contribution in [2.75, 3.05) is 19.7 Å². The van der Waals surface area contributed by atoms with E-state index in [9.17, 15) is 4.79 Å². The number of aryl methyl sites for hydroxylation is 1. The topological polar surface area (TPSA) is 54.7 Å². The first-order valence-corrected chi connectivity index (χ1v) is 9.42. The van der Waals surface area contributed by atoms with Gasteiger partial charge < -0.3 is 14.5 Å². The van der Waals surface area contributed by atoms with Crippen LogP contribution in [-0.4, -0.2) is 42.6 Å². The molecule has 2 saturated heterocycles. The average Bonchev–Trinajstić information content (AvgIpc) is 3.17. The van der Waals surface area contributed by atoms with Gasteiger partial charge in [0.1, 0.15) is 11.5 Å². The molecule has 3 heterocycles. The molecule has 0 aromatic carbocycles. The Kier molecular flexibility index (Phi) is 4.39. The van der Waals surface area contributed by atoms with Gasteiger partial charge in [-0.1, -0.05) is 6.92 Å². The van der Waals surface area contributed by atoms with Crippen LogP contribution >= 0.6 is 0 Å². The summed E-state index contributed by atoms with van der Waals surface area (Å²) in [4.78, 5) is 15.4. The summed E-state index contributed by atoms with van der Waals surface area (Å²) in [5.74, 6) is 2.24. The third kappa shape index (κ3) is 2.88. The molecule has 3 fully saturated rings. The number of rotatable bonds is 5. The number of furan rings is 1. The van der Waals surface area contributed by atoms with Gasteiger partial charge in [0.15, 0.2) is 0 Å². The van der Waals surface area contributed by atoms with Gasteiger partial charge in [-0.2, -0.15) is 0 Å². The number of nitrogens with zero attached hydrogens (tertiary/aromatic N) is 1. The summed E-state index contributed by atoms with van der Waals surface area (Å²) >= 11 is 0. The third-order valence-corrected chi connectivity index (χ3v) is 6.03. The van der Waals surface area contributed by atoms with Gasteiger partial charge in [-0.15, -0.1) is 0 Å². The molecule has 0 radical (unpaired) electrons. The van der Waals surface area contributed by atoms with E-state index in [0.717, 1.165) is 63.3 Å². The van der Waals surface area contributed by atoms with Crippen molar-refractivity contribution in [2.24, 2.45) is 5.41 Å². The zero-order valence-electron chi connectivity index (χ0n) is 14.6. The Bertz CT molecular complexity index is 595. The SMILES string of the molecule is CCc1ccc(CN2CC[C@H]3OCC[C@@]3(C(=O)NC3CCC3)C2)o1. The Balaban J connectivity index is 1.45. The summed E-state index contributed by atoms with van der Waals surface area (Å²) < 4.78 is 11.8. The highest BCUT2D eigenvalue weighted by Gasteiger charge is 2.53. The van der Waals surface area contributed by atoms with Crippen molar-refractivity contribution in [3.05, 3.63) is 23.7 Å². The van der Waals surface area contributed by atoms with Crippen LogP contribution in [0, 0.1) is 5.41 Å². The second kappa shape index (κ2) is 6.52. The lowest BCUT2D eigenvalue weighted by Gasteiger charge is -2.43. The van der Waals surface area contributed by atoms with E-state index in [1.165, 1.54) is 6.42 Å². The van der Waals surface area contributed by atoms with E-state index in [4.69, 9.17) is 9.15 Å². The van der Waals surface area contributed by atoms with Gasteiger partial charge in [-0.05, 0) is 44.2 Å². The summed E-state index contributed by atoms with van der Waals surface area (Å²) in [5, 5.41) is 3.28. The van der Waals surface area contributed by atoms with Crippen molar-refractivity contribution < 1.29 is 13.9 Å². The van der Waals surface area contributed by atoms with E-state index in [1.807, 2.05) is 0 Å². The van der Waals surface area contributed by atoms with Crippen LogP contribution < -0.4 is 5.32 Å². The molecule has 0 bridgehead atoms. The summed E-state index contributed by atoms with van der Waals surface area (Å²) in [6.45, 7) is 5.33. The second-order valence-electron chi connectivity index (χ2n) is 7.59. The van der Waals surface area contributed by atoms with E-state index in [-0.39, 0.29) is 17.4 Å². The monoisotopic (exact) mass is 332 g/mol. The number of hydrogen-bond acceptors (Lipinski definition) is 4. The van der Waals surface area contributed by atoms with Gasteiger partial charge in [-0.3, -0.25) is 9.69 Å². The number of carbonyl (C=O) groups excluding carboxylic acids is 1. The van der Waals surface area contributed by atoms with Crippen molar-refractivity contribution in [3.63, 3.8) is 0 Å². The minimum atomic E-state index is -0.367. The van der Waals surface area contributed by atoms with Gasteiger partial charge in [-0.25, -0.2) is 0 Å². The maximum atomic E-state index is 13.0. The van der Waals surface area contributed by atoms with E-state index in [1.54, 1.807) is 0 Å². The Morgan fingerprint density at radius 3 is 2.88 bits per heavy atom. The first-order chi connectivity index (χ1) is 11.7. The normalized spacial score (nSPS) is 30.8. The predicted octanol–water partition coefficient (Wildman–Crippen LogP) is 2.49. The van der Waals surface area contributed by atoms with E-state index < -0.39 is 0 Å².